The SMILES string of the molecule is O=C(C1CNc2ccccc2N1)N1CCn2ccnc2C1. The summed E-state index contributed by atoms with van der Waals surface area (Å²) in [6, 6.07) is 7.74. The predicted molar refractivity (Wildman–Crippen MR) is 80.0 cm³/mol. The van der Waals surface area contributed by atoms with Crippen LogP contribution in [0.4, 0.5) is 11.4 Å². The maximum atomic E-state index is 12.7. The summed E-state index contributed by atoms with van der Waals surface area (Å²) in [5, 5.41) is 6.65. The minimum Gasteiger partial charge on any atom is -0.381 e. The maximum absolute atomic E-state index is 12.7. The lowest BCUT2D eigenvalue weighted by atomic mass is 10.1. The van der Waals surface area contributed by atoms with Crippen molar-refractivity contribution in [2.24, 2.45) is 0 Å². The molecule has 0 fully saturated rings. The third kappa shape index (κ3) is 2.12. The minimum absolute atomic E-state index is 0.131. The molecule has 108 valence electrons. The van der Waals surface area contributed by atoms with Gasteiger partial charge in [-0.2, -0.15) is 0 Å². The molecule has 6 nitrogen and oxygen atoms in total. The van der Waals surface area contributed by atoms with E-state index in [2.05, 4.69) is 20.2 Å². The molecule has 4 rings (SSSR count). The maximum Gasteiger partial charge on any atom is 0.247 e. The first kappa shape index (κ1) is 12.3. The van der Waals surface area contributed by atoms with Crippen molar-refractivity contribution in [1.29, 1.82) is 0 Å². The lowest BCUT2D eigenvalue weighted by Crippen LogP contribution is -2.50. The van der Waals surface area contributed by atoms with Gasteiger partial charge in [0.25, 0.3) is 0 Å². The number of hydrogen-bond acceptors (Lipinski definition) is 4. The van der Waals surface area contributed by atoms with Gasteiger partial charge in [0.05, 0.1) is 17.9 Å². The number of amides is 1. The van der Waals surface area contributed by atoms with Crippen LogP contribution in [0.1, 0.15) is 5.82 Å². The van der Waals surface area contributed by atoms with Gasteiger partial charge in [0.1, 0.15) is 11.9 Å². The van der Waals surface area contributed by atoms with E-state index in [-0.39, 0.29) is 11.9 Å². The van der Waals surface area contributed by atoms with E-state index in [0.29, 0.717) is 13.1 Å². The molecule has 1 atom stereocenters. The fraction of sp³-hybridized carbons (Fsp3) is 0.333. The lowest BCUT2D eigenvalue weighted by Gasteiger charge is -2.34. The summed E-state index contributed by atoms with van der Waals surface area (Å²) in [5.74, 6) is 1.09. The van der Waals surface area contributed by atoms with Gasteiger partial charge >= 0.3 is 0 Å². The molecule has 1 aromatic carbocycles. The number of fused-ring (bicyclic) bond motifs is 2. The van der Waals surface area contributed by atoms with Crippen LogP contribution in [0.3, 0.4) is 0 Å². The molecule has 2 aliphatic rings. The van der Waals surface area contributed by atoms with E-state index in [1.807, 2.05) is 35.4 Å². The zero-order valence-corrected chi connectivity index (χ0v) is 11.6. The van der Waals surface area contributed by atoms with Crippen LogP contribution in [0.25, 0.3) is 0 Å². The van der Waals surface area contributed by atoms with Crippen molar-refractivity contribution in [2.45, 2.75) is 19.1 Å². The first-order valence-corrected chi connectivity index (χ1v) is 7.19. The van der Waals surface area contributed by atoms with E-state index in [1.54, 1.807) is 6.20 Å². The Morgan fingerprint density at radius 2 is 2.10 bits per heavy atom. The van der Waals surface area contributed by atoms with Crippen molar-refractivity contribution in [3.05, 3.63) is 42.5 Å². The van der Waals surface area contributed by atoms with Crippen LogP contribution in [0.15, 0.2) is 36.7 Å². The van der Waals surface area contributed by atoms with E-state index >= 15 is 0 Å². The van der Waals surface area contributed by atoms with Crippen LogP contribution in [0.2, 0.25) is 0 Å². The highest BCUT2D eigenvalue weighted by atomic mass is 16.2. The third-order valence-electron chi connectivity index (χ3n) is 4.11. The summed E-state index contributed by atoms with van der Waals surface area (Å²) in [7, 11) is 0. The number of anilines is 2. The Morgan fingerprint density at radius 3 is 3.00 bits per heavy atom. The molecule has 0 aliphatic carbocycles. The monoisotopic (exact) mass is 283 g/mol. The zero-order chi connectivity index (χ0) is 14.2. The molecule has 21 heavy (non-hydrogen) atoms. The summed E-state index contributed by atoms with van der Waals surface area (Å²) in [6.07, 6.45) is 3.76. The molecule has 2 aliphatic heterocycles. The topological polar surface area (TPSA) is 62.2 Å². The van der Waals surface area contributed by atoms with Crippen molar-refractivity contribution in [2.75, 3.05) is 23.7 Å². The van der Waals surface area contributed by atoms with Crippen LogP contribution in [0.5, 0.6) is 0 Å². The van der Waals surface area contributed by atoms with Gasteiger partial charge in [-0.3, -0.25) is 4.79 Å². The predicted octanol–water partition coefficient (Wildman–Crippen LogP) is 1.13. The van der Waals surface area contributed by atoms with Crippen LogP contribution in [-0.2, 0) is 17.9 Å². The molecule has 1 aromatic heterocycles. The van der Waals surface area contributed by atoms with Crippen LogP contribution in [-0.4, -0.2) is 39.5 Å². The molecule has 3 heterocycles. The van der Waals surface area contributed by atoms with Gasteiger partial charge in [-0.25, -0.2) is 4.98 Å². The highest BCUT2D eigenvalue weighted by Gasteiger charge is 2.29. The number of benzene rings is 1. The second kappa shape index (κ2) is 4.80. The molecule has 2 N–H and O–H groups in total. The Morgan fingerprint density at radius 1 is 1.24 bits per heavy atom. The van der Waals surface area contributed by atoms with Gasteiger partial charge in [0.2, 0.25) is 5.91 Å². The Labute approximate surface area is 122 Å². The number of nitrogens with one attached hydrogen (secondary N) is 2. The van der Waals surface area contributed by atoms with Gasteiger partial charge in [0, 0.05) is 32.0 Å². The molecule has 2 aromatic rings. The summed E-state index contributed by atoms with van der Waals surface area (Å²) in [5.41, 5.74) is 2.04. The first-order valence-electron chi connectivity index (χ1n) is 7.19. The molecule has 0 saturated carbocycles. The number of imidazole rings is 1. The van der Waals surface area contributed by atoms with Crippen LogP contribution >= 0.6 is 0 Å². The van der Waals surface area contributed by atoms with Gasteiger partial charge in [-0.15, -0.1) is 0 Å². The average Bonchev–Trinajstić information content (AvgIpc) is 3.01. The quantitative estimate of drug-likeness (QED) is 0.823. The van der Waals surface area contributed by atoms with Crippen molar-refractivity contribution in [3.63, 3.8) is 0 Å². The molecule has 0 spiro atoms. The molecule has 0 bridgehead atoms. The molecule has 1 unspecified atom stereocenters. The Hall–Kier alpha value is -2.50. The standard InChI is InChI=1S/C15H17N5O/c21-15(20-8-7-19-6-5-16-14(19)10-20)13-9-17-11-3-1-2-4-12(11)18-13/h1-6,13,17-18H,7-10H2. The second-order valence-electron chi connectivity index (χ2n) is 5.42. The Bertz CT molecular complexity index is 680. The lowest BCUT2D eigenvalue weighted by molar-refractivity contribution is -0.133. The van der Waals surface area contributed by atoms with Crippen molar-refractivity contribution in [3.8, 4) is 0 Å². The summed E-state index contributed by atoms with van der Waals surface area (Å²) >= 11 is 0. The molecular formula is C15H17N5O. The largest absolute Gasteiger partial charge is 0.381 e. The zero-order valence-electron chi connectivity index (χ0n) is 11.6. The number of hydrogen-bond donors (Lipinski definition) is 2. The molecule has 0 saturated heterocycles. The average molecular weight is 283 g/mol. The Balaban J connectivity index is 1.49. The summed E-state index contributed by atoms with van der Waals surface area (Å²) in [4.78, 5) is 18.9. The van der Waals surface area contributed by atoms with Crippen molar-refractivity contribution >= 4 is 17.3 Å². The molecule has 1 amide bonds. The number of rotatable bonds is 1. The van der Waals surface area contributed by atoms with E-state index in [0.717, 1.165) is 30.3 Å². The summed E-state index contributed by atoms with van der Waals surface area (Å²) < 4.78 is 2.10. The summed E-state index contributed by atoms with van der Waals surface area (Å²) in [6.45, 7) is 2.76. The smallest absolute Gasteiger partial charge is 0.247 e. The van der Waals surface area contributed by atoms with Gasteiger partial charge in [0.15, 0.2) is 0 Å². The molecule has 0 radical (unpaired) electrons. The highest BCUT2D eigenvalue weighted by Crippen LogP contribution is 2.26. The fourth-order valence-corrected chi connectivity index (χ4v) is 2.94. The van der Waals surface area contributed by atoms with Crippen LogP contribution < -0.4 is 10.6 Å². The van der Waals surface area contributed by atoms with Gasteiger partial charge in [-0.1, -0.05) is 12.1 Å². The van der Waals surface area contributed by atoms with E-state index in [4.69, 9.17) is 0 Å². The number of para-hydroxylation sites is 2. The van der Waals surface area contributed by atoms with Gasteiger partial charge in [-0.05, 0) is 12.1 Å². The van der Waals surface area contributed by atoms with Crippen molar-refractivity contribution in [1.82, 2.24) is 14.5 Å². The number of aromatic nitrogens is 2. The van der Waals surface area contributed by atoms with E-state index in [1.165, 1.54) is 0 Å². The van der Waals surface area contributed by atoms with E-state index < -0.39 is 0 Å². The van der Waals surface area contributed by atoms with Gasteiger partial charge < -0.3 is 20.1 Å². The number of nitrogens with zero attached hydrogens (tertiary/aromatic N) is 3. The van der Waals surface area contributed by atoms with E-state index in [9.17, 15) is 4.79 Å². The molecule has 6 heteroatoms. The fourth-order valence-electron chi connectivity index (χ4n) is 2.94. The second-order valence-corrected chi connectivity index (χ2v) is 5.42. The first-order chi connectivity index (χ1) is 10.3. The third-order valence-corrected chi connectivity index (χ3v) is 4.11. The minimum atomic E-state index is -0.221. The Kier molecular flexibility index (Phi) is 2.80. The number of carbonyl (C=O) groups is 1. The number of carbonyl (C=O) groups excluding carboxylic acids is 1. The highest BCUT2D eigenvalue weighted by molar-refractivity contribution is 5.88. The van der Waals surface area contributed by atoms with Crippen molar-refractivity contribution < 1.29 is 4.79 Å². The molecular weight excluding hydrogens is 266 g/mol. The van der Waals surface area contributed by atoms with Crippen LogP contribution in [0, 0.1) is 0 Å². The normalized spacial score (nSPS) is 20.0.